The lowest BCUT2D eigenvalue weighted by atomic mass is 10.1. The van der Waals surface area contributed by atoms with Crippen molar-refractivity contribution in [3.63, 3.8) is 0 Å². The molecule has 6 nitrogen and oxygen atoms in total. The summed E-state index contributed by atoms with van der Waals surface area (Å²) in [7, 11) is 3.23. The van der Waals surface area contributed by atoms with E-state index < -0.39 is 5.91 Å². The minimum Gasteiger partial charge on any atom is -0.496 e. The molecule has 2 N–H and O–H groups in total. The Morgan fingerprint density at radius 1 is 1.22 bits per heavy atom. The second-order valence-corrected chi connectivity index (χ2v) is 5.70. The van der Waals surface area contributed by atoms with Crippen LogP contribution in [0.5, 0.6) is 11.5 Å². The molecule has 0 aliphatic heterocycles. The number of aromatic nitrogens is 2. The number of methoxy groups -OCH3 is 2. The third-order valence-electron chi connectivity index (χ3n) is 4.34. The van der Waals surface area contributed by atoms with Crippen LogP contribution in [-0.4, -0.2) is 29.9 Å². The summed E-state index contributed by atoms with van der Waals surface area (Å²) in [5, 5.41) is 4.45. The maximum absolute atomic E-state index is 11.6. The SMILES string of the molecule is COc1cccc(OC)c1-c1cc(C(N)=O)nn1C1CCCC1. The minimum atomic E-state index is -0.531. The highest BCUT2D eigenvalue weighted by Gasteiger charge is 2.26. The third kappa shape index (κ3) is 2.76. The Morgan fingerprint density at radius 3 is 2.35 bits per heavy atom. The number of rotatable bonds is 5. The summed E-state index contributed by atoms with van der Waals surface area (Å²) in [6.07, 6.45) is 4.42. The first-order valence-corrected chi connectivity index (χ1v) is 7.76. The van der Waals surface area contributed by atoms with Gasteiger partial charge in [-0.2, -0.15) is 5.10 Å². The van der Waals surface area contributed by atoms with Gasteiger partial charge in [-0.05, 0) is 31.0 Å². The van der Waals surface area contributed by atoms with E-state index in [2.05, 4.69) is 5.10 Å². The largest absolute Gasteiger partial charge is 0.496 e. The zero-order chi connectivity index (χ0) is 16.4. The van der Waals surface area contributed by atoms with Crippen molar-refractivity contribution >= 4 is 5.91 Å². The lowest BCUT2D eigenvalue weighted by Crippen LogP contribution is -2.14. The molecule has 0 bridgehead atoms. The van der Waals surface area contributed by atoms with Crippen LogP contribution in [-0.2, 0) is 0 Å². The van der Waals surface area contributed by atoms with E-state index in [0.717, 1.165) is 24.1 Å². The molecular formula is C17H21N3O3. The normalized spacial score (nSPS) is 14.9. The molecule has 1 saturated carbocycles. The zero-order valence-corrected chi connectivity index (χ0v) is 13.4. The third-order valence-corrected chi connectivity index (χ3v) is 4.34. The molecular weight excluding hydrogens is 294 g/mol. The number of nitrogens with two attached hydrogens (primary N) is 1. The molecule has 1 aromatic carbocycles. The summed E-state index contributed by atoms with van der Waals surface area (Å²) in [4.78, 5) is 11.6. The van der Waals surface area contributed by atoms with E-state index >= 15 is 0 Å². The van der Waals surface area contributed by atoms with Crippen molar-refractivity contribution < 1.29 is 14.3 Å². The van der Waals surface area contributed by atoms with Crippen LogP contribution in [0.4, 0.5) is 0 Å². The Hall–Kier alpha value is -2.50. The Morgan fingerprint density at radius 2 is 1.83 bits per heavy atom. The van der Waals surface area contributed by atoms with Crippen molar-refractivity contribution in [1.29, 1.82) is 0 Å². The van der Waals surface area contributed by atoms with Gasteiger partial charge in [0.2, 0.25) is 0 Å². The molecule has 2 aromatic rings. The van der Waals surface area contributed by atoms with Gasteiger partial charge in [0.25, 0.3) is 5.91 Å². The van der Waals surface area contributed by atoms with Crippen LogP contribution in [0.15, 0.2) is 24.3 Å². The van der Waals surface area contributed by atoms with Gasteiger partial charge in [-0.15, -0.1) is 0 Å². The van der Waals surface area contributed by atoms with Crippen LogP contribution in [0.3, 0.4) is 0 Å². The number of benzene rings is 1. The topological polar surface area (TPSA) is 79.4 Å². The second kappa shape index (κ2) is 6.32. The van der Waals surface area contributed by atoms with Gasteiger partial charge in [0.15, 0.2) is 5.69 Å². The molecule has 1 heterocycles. The van der Waals surface area contributed by atoms with Crippen LogP contribution in [0.25, 0.3) is 11.3 Å². The zero-order valence-electron chi connectivity index (χ0n) is 13.4. The number of primary amides is 1. The van der Waals surface area contributed by atoms with Crippen LogP contribution >= 0.6 is 0 Å². The highest BCUT2D eigenvalue weighted by atomic mass is 16.5. The van der Waals surface area contributed by atoms with E-state index in [0.29, 0.717) is 11.5 Å². The van der Waals surface area contributed by atoms with E-state index in [9.17, 15) is 4.79 Å². The van der Waals surface area contributed by atoms with Gasteiger partial charge in [-0.3, -0.25) is 9.48 Å². The first-order valence-electron chi connectivity index (χ1n) is 7.76. The highest BCUT2D eigenvalue weighted by molar-refractivity contribution is 5.92. The molecule has 6 heteroatoms. The predicted molar refractivity (Wildman–Crippen MR) is 86.8 cm³/mol. The van der Waals surface area contributed by atoms with Gasteiger partial charge in [-0.25, -0.2) is 0 Å². The first kappa shape index (κ1) is 15.4. The van der Waals surface area contributed by atoms with Gasteiger partial charge in [0.05, 0.1) is 31.5 Å². The van der Waals surface area contributed by atoms with Gasteiger partial charge >= 0.3 is 0 Å². The van der Waals surface area contributed by atoms with E-state index in [-0.39, 0.29) is 11.7 Å². The first-order chi connectivity index (χ1) is 11.2. The number of hydrogen-bond acceptors (Lipinski definition) is 4. The number of carbonyl (C=O) groups excluding carboxylic acids is 1. The Labute approximate surface area is 135 Å². The Kier molecular flexibility index (Phi) is 4.23. The van der Waals surface area contributed by atoms with Crippen LogP contribution < -0.4 is 15.2 Å². The lowest BCUT2D eigenvalue weighted by molar-refractivity contribution is 0.0994. The monoisotopic (exact) mass is 315 g/mol. The van der Waals surface area contributed by atoms with E-state index in [1.165, 1.54) is 12.8 Å². The number of carbonyl (C=O) groups is 1. The minimum absolute atomic E-state index is 0.264. The molecule has 3 rings (SSSR count). The molecule has 0 unspecified atom stereocenters. The molecule has 0 saturated heterocycles. The Bertz CT molecular complexity index is 696. The fraction of sp³-hybridized carbons (Fsp3) is 0.412. The average molecular weight is 315 g/mol. The highest BCUT2D eigenvalue weighted by Crippen LogP contribution is 2.41. The van der Waals surface area contributed by atoms with Crippen LogP contribution in [0.1, 0.15) is 42.2 Å². The van der Waals surface area contributed by atoms with Crippen molar-refractivity contribution in [1.82, 2.24) is 9.78 Å². The van der Waals surface area contributed by atoms with E-state index in [4.69, 9.17) is 15.2 Å². The van der Waals surface area contributed by atoms with Crippen molar-refractivity contribution in [2.24, 2.45) is 5.73 Å². The van der Waals surface area contributed by atoms with Crippen LogP contribution in [0, 0.1) is 0 Å². The quantitative estimate of drug-likeness (QED) is 0.920. The number of nitrogens with zero attached hydrogens (tertiary/aromatic N) is 2. The summed E-state index contributed by atoms with van der Waals surface area (Å²) in [6, 6.07) is 7.60. The second-order valence-electron chi connectivity index (χ2n) is 5.70. The van der Waals surface area contributed by atoms with E-state index in [1.54, 1.807) is 20.3 Å². The molecule has 1 aromatic heterocycles. The van der Waals surface area contributed by atoms with Gasteiger partial charge in [-0.1, -0.05) is 18.9 Å². The number of amides is 1. The molecule has 0 atom stereocenters. The number of hydrogen-bond donors (Lipinski definition) is 1. The fourth-order valence-corrected chi connectivity index (χ4v) is 3.23. The standard InChI is InChI=1S/C17H21N3O3/c1-22-14-8-5-9-15(23-2)16(14)13-10-12(17(18)21)19-20(13)11-6-3-4-7-11/h5,8-11H,3-4,6-7H2,1-2H3,(H2,18,21). The fourth-order valence-electron chi connectivity index (χ4n) is 3.23. The molecule has 23 heavy (non-hydrogen) atoms. The van der Waals surface area contributed by atoms with Crippen molar-refractivity contribution in [2.45, 2.75) is 31.7 Å². The molecule has 0 spiro atoms. The van der Waals surface area contributed by atoms with Crippen molar-refractivity contribution in [2.75, 3.05) is 14.2 Å². The Balaban J connectivity index is 2.20. The predicted octanol–water partition coefficient (Wildman–Crippen LogP) is 2.78. The van der Waals surface area contributed by atoms with Crippen molar-refractivity contribution in [3.8, 4) is 22.8 Å². The molecule has 0 radical (unpaired) electrons. The maximum atomic E-state index is 11.6. The molecule has 1 aliphatic rings. The van der Waals surface area contributed by atoms with Gasteiger partial charge in [0.1, 0.15) is 11.5 Å². The van der Waals surface area contributed by atoms with Gasteiger partial charge in [0, 0.05) is 0 Å². The summed E-state index contributed by atoms with van der Waals surface area (Å²) in [5.74, 6) is 0.830. The molecule has 1 amide bonds. The average Bonchev–Trinajstić information content (AvgIpc) is 3.22. The summed E-state index contributed by atoms with van der Waals surface area (Å²) in [6.45, 7) is 0. The van der Waals surface area contributed by atoms with Gasteiger partial charge < -0.3 is 15.2 Å². The molecule has 1 fully saturated rings. The molecule has 1 aliphatic carbocycles. The maximum Gasteiger partial charge on any atom is 0.269 e. The lowest BCUT2D eigenvalue weighted by Gasteiger charge is -2.18. The smallest absolute Gasteiger partial charge is 0.269 e. The summed E-state index contributed by atoms with van der Waals surface area (Å²) >= 11 is 0. The number of ether oxygens (including phenoxy) is 2. The molecule has 122 valence electrons. The van der Waals surface area contributed by atoms with Crippen LogP contribution in [0.2, 0.25) is 0 Å². The summed E-state index contributed by atoms with van der Waals surface area (Å²) < 4.78 is 12.9. The van der Waals surface area contributed by atoms with Crippen molar-refractivity contribution in [3.05, 3.63) is 30.0 Å². The van der Waals surface area contributed by atoms with E-state index in [1.807, 2.05) is 22.9 Å². The summed E-state index contributed by atoms with van der Waals surface area (Å²) in [5.41, 5.74) is 7.30.